The van der Waals surface area contributed by atoms with E-state index in [1.165, 1.54) is 0 Å². The molecule has 1 aliphatic heterocycles. The monoisotopic (exact) mass is 340 g/mol. The second-order valence-electron chi connectivity index (χ2n) is 5.58. The number of halogens is 2. The quantitative estimate of drug-likeness (QED) is 0.913. The average molecular weight is 341 g/mol. The molecule has 1 aliphatic carbocycles. The smallest absolute Gasteiger partial charge is 0.257 e. The Kier molecular flexibility index (Phi) is 4.08. The lowest BCUT2D eigenvalue weighted by Gasteiger charge is -2.26. The Labute approximate surface area is 126 Å². The molecule has 1 aromatic rings. The van der Waals surface area contributed by atoms with Gasteiger partial charge in [0.1, 0.15) is 5.82 Å². The summed E-state index contributed by atoms with van der Waals surface area (Å²) < 4.78 is 14.4. The van der Waals surface area contributed by atoms with Crippen molar-refractivity contribution in [2.45, 2.75) is 37.8 Å². The molecule has 2 aliphatic rings. The zero-order valence-electron chi connectivity index (χ0n) is 11.2. The minimum atomic E-state index is -0.456. The summed E-state index contributed by atoms with van der Waals surface area (Å²) in [6.45, 7) is 1.71. The Morgan fingerprint density at radius 3 is 2.85 bits per heavy atom. The van der Waals surface area contributed by atoms with Gasteiger partial charge in [-0.1, -0.05) is 6.07 Å². The summed E-state index contributed by atoms with van der Waals surface area (Å²) in [6.07, 6.45) is 4.32. The van der Waals surface area contributed by atoms with Crippen LogP contribution in [0.2, 0.25) is 0 Å². The minimum Gasteiger partial charge on any atom is -0.334 e. The zero-order chi connectivity index (χ0) is 14.1. The van der Waals surface area contributed by atoms with Crippen LogP contribution in [0.1, 0.15) is 36.0 Å². The van der Waals surface area contributed by atoms with Crippen LogP contribution in [0.5, 0.6) is 0 Å². The average Bonchev–Trinajstić information content (AvgIpc) is 3.15. The first kappa shape index (κ1) is 14.0. The van der Waals surface area contributed by atoms with Gasteiger partial charge in [0.2, 0.25) is 0 Å². The van der Waals surface area contributed by atoms with Gasteiger partial charge in [0.15, 0.2) is 0 Å². The molecule has 108 valence electrons. The maximum atomic E-state index is 14.1. The predicted molar refractivity (Wildman–Crippen MR) is 79.2 cm³/mol. The lowest BCUT2D eigenvalue weighted by atomic mass is 10.1. The van der Waals surface area contributed by atoms with Crippen LogP contribution in [0.15, 0.2) is 22.7 Å². The van der Waals surface area contributed by atoms with Crippen LogP contribution in [0.3, 0.4) is 0 Å². The van der Waals surface area contributed by atoms with Crippen molar-refractivity contribution in [3.8, 4) is 0 Å². The van der Waals surface area contributed by atoms with E-state index in [4.69, 9.17) is 0 Å². The van der Waals surface area contributed by atoms with Gasteiger partial charge >= 0.3 is 0 Å². The highest BCUT2D eigenvalue weighted by atomic mass is 79.9. The highest BCUT2D eigenvalue weighted by Crippen LogP contribution is 2.30. The van der Waals surface area contributed by atoms with Crippen LogP contribution in [-0.4, -0.2) is 36.0 Å². The highest BCUT2D eigenvalue weighted by Gasteiger charge is 2.35. The van der Waals surface area contributed by atoms with Gasteiger partial charge in [-0.25, -0.2) is 4.39 Å². The van der Waals surface area contributed by atoms with E-state index in [0.717, 1.165) is 32.2 Å². The van der Waals surface area contributed by atoms with Crippen LogP contribution in [-0.2, 0) is 0 Å². The zero-order valence-corrected chi connectivity index (χ0v) is 12.8. The molecule has 2 fully saturated rings. The molecule has 3 rings (SSSR count). The summed E-state index contributed by atoms with van der Waals surface area (Å²) in [5.41, 5.74) is 0.171. The van der Waals surface area contributed by atoms with Crippen molar-refractivity contribution in [3.05, 3.63) is 34.1 Å². The van der Waals surface area contributed by atoms with Crippen molar-refractivity contribution in [3.63, 3.8) is 0 Å². The molecule has 1 unspecified atom stereocenters. The molecule has 1 saturated heterocycles. The molecule has 0 radical (unpaired) electrons. The molecule has 0 bridgehead atoms. The number of benzene rings is 1. The Hall–Kier alpha value is -0.940. The highest BCUT2D eigenvalue weighted by molar-refractivity contribution is 9.10. The second-order valence-corrected chi connectivity index (χ2v) is 6.44. The second kappa shape index (κ2) is 5.82. The fourth-order valence-corrected chi connectivity index (χ4v) is 3.12. The normalized spacial score (nSPS) is 22.0. The first-order valence-electron chi connectivity index (χ1n) is 7.15. The fraction of sp³-hybridized carbons (Fsp3) is 0.533. The maximum Gasteiger partial charge on any atom is 0.257 e. The number of rotatable bonds is 4. The van der Waals surface area contributed by atoms with Gasteiger partial charge in [-0.3, -0.25) is 4.79 Å². The lowest BCUT2D eigenvalue weighted by Crippen LogP contribution is -2.42. The van der Waals surface area contributed by atoms with E-state index in [-0.39, 0.29) is 11.5 Å². The third-order valence-electron chi connectivity index (χ3n) is 4.01. The molecule has 1 saturated carbocycles. The molecule has 3 nitrogen and oxygen atoms in total. The van der Waals surface area contributed by atoms with Crippen molar-refractivity contribution < 1.29 is 9.18 Å². The molecular weight excluding hydrogens is 323 g/mol. The van der Waals surface area contributed by atoms with Gasteiger partial charge in [-0.15, -0.1) is 0 Å². The predicted octanol–water partition coefficient (Wildman–Crippen LogP) is 2.94. The van der Waals surface area contributed by atoms with Crippen molar-refractivity contribution in [2.75, 3.05) is 13.1 Å². The van der Waals surface area contributed by atoms with Gasteiger partial charge in [-0.05, 0) is 60.3 Å². The number of carbonyl (C=O) groups excluding carboxylic acids is 1. The van der Waals surface area contributed by atoms with Gasteiger partial charge in [0, 0.05) is 18.6 Å². The van der Waals surface area contributed by atoms with Crippen molar-refractivity contribution in [1.82, 2.24) is 10.2 Å². The lowest BCUT2D eigenvalue weighted by molar-refractivity contribution is 0.0723. The summed E-state index contributed by atoms with van der Waals surface area (Å²) >= 11 is 3.15. The van der Waals surface area contributed by atoms with Crippen LogP contribution < -0.4 is 5.32 Å². The number of nitrogens with one attached hydrogen (secondary N) is 1. The third-order valence-corrected chi connectivity index (χ3v) is 4.62. The van der Waals surface area contributed by atoms with E-state index in [1.54, 1.807) is 18.2 Å². The summed E-state index contributed by atoms with van der Waals surface area (Å²) in [4.78, 5) is 14.5. The Balaban J connectivity index is 1.79. The molecule has 5 heteroatoms. The standard InChI is InChI=1S/C15H18BrFN2O/c16-13-5-1-4-12(14(13)17)15(20)19(11-6-7-11)9-10-3-2-8-18-10/h1,4-5,10-11,18H,2-3,6-9H2. The number of hydrogen-bond acceptors (Lipinski definition) is 2. The van der Waals surface area contributed by atoms with E-state index in [9.17, 15) is 9.18 Å². The number of hydrogen-bond donors (Lipinski definition) is 1. The Morgan fingerprint density at radius 2 is 2.20 bits per heavy atom. The molecule has 20 heavy (non-hydrogen) atoms. The molecule has 1 heterocycles. The van der Waals surface area contributed by atoms with E-state index >= 15 is 0 Å². The molecule has 1 N–H and O–H groups in total. The van der Waals surface area contributed by atoms with Gasteiger partial charge < -0.3 is 10.2 Å². The van der Waals surface area contributed by atoms with Gasteiger partial charge in [0.25, 0.3) is 5.91 Å². The SMILES string of the molecule is O=C(c1cccc(Br)c1F)N(CC1CCCN1)C1CC1. The van der Waals surface area contributed by atoms with E-state index in [2.05, 4.69) is 21.2 Å². The minimum absolute atomic E-state index is 0.171. The molecule has 1 atom stereocenters. The molecule has 1 aromatic carbocycles. The van der Waals surface area contributed by atoms with Crippen molar-refractivity contribution in [1.29, 1.82) is 0 Å². The van der Waals surface area contributed by atoms with Gasteiger partial charge in [0.05, 0.1) is 10.0 Å². The summed E-state index contributed by atoms with van der Waals surface area (Å²) in [6, 6.07) is 5.55. The summed E-state index contributed by atoms with van der Waals surface area (Å²) in [5, 5.41) is 3.41. The molecule has 1 amide bonds. The van der Waals surface area contributed by atoms with E-state index < -0.39 is 5.82 Å². The molecule has 0 spiro atoms. The van der Waals surface area contributed by atoms with Crippen molar-refractivity contribution in [2.24, 2.45) is 0 Å². The fourth-order valence-electron chi connectivity index (χ4n) is 2.76. The Morgan fingerprint density at radius 1 is 1.40 bits per heavy atom. The number of amides is 1. The summed E-state index contributed by atoms with van der Waals surface area (Å²) in [7, 11) is 0. The number of nitrogens with zero attached hydrogens (tertiary/aromatic N) is 1. The van der Waals surface area contributed by atoms with Crippen molar-refractivity contribution >= 4 is 21.8 Å². The van der Waals surface area contributed by atoms with Crippen LogP contribution in [0.4, 0.5) is 4.39 Å². The van der Waals surface area contributed by atoms with Gasteiger partial charge in [-0.2, -0.15) is 0 Å². The Bertz CT molecular complexity index is 513. The van der Waals surface area contributed by atoms with Crippen LogP contribution in [0, 0.1) is 5.82 Å². The van der Waals surface area contributed by atoms with E-state index in [1.807, 2.05) is 4.90 Å². The largest absolute Gasteiger partial charge is 0.334 e. The molecule has 0 aromatic heterocycles. The first-order chi connectivity index (χ1) is 9.66. The van der Waals surface area contributed by atoms with Crippen LogP contribution >= 0.6 is 15.9 Å². The van der Waals surface area contributed by atoms with E-state index in [0.29, 0.717) is 23.1 Å². The molecular formula is C15H18BrFN2O. The third kappa shape index (κ3) is 2.88. The maximum absolute atomic E-state index is 14.1. The van der Waals surface area contributed by atoms with Crippen LogP contribution in [0.25, 0.3) is 0 Å². The number of carbonyl (C=O) groups is 1. The first-order valence-corrected chi connectivity index (χ1v) is 7.94. The summed E-state index contributed by atoms with van der Waals surface area (Å²) in [5.74, 6) is -0.637. The topological polar surface area (TPSA) is 32.3 Å².